The molecule has 1 aliphatic heterocycles. The summed E-state index contributed by atoms with van der Waals surface area (Å²) < 4.78 is 0. The van der Waals surface area contributed by atoms with Crippen LogP contribution in [-0.4, -0.2) is 42.1 Å². The molecule has 80 valence electrons. The van der Waals surface area contributed by atoms with Crippen LogP contribution in [0.15, 0.2) is 24.4 Å². The predicted molar refractivity (Wildman–Crippen MR) is 61.0 cm³/mol. The summed E-state index contributed by atoms with van der Waals surface area (Å²) in [5.41, 5.74) is 0. The Hall–Kier alpha value is -1.09. The van der Waals surface area contributed by atoms with E-state index in [1.54, 1.807) is 0 Å². The molecule has 1 saturated carbocycles. The zero-order valence-electron chi connectivity index (χ0n) is 8.97. The lowest BCUT2D eigenvalue weighted by Crippen LogP contribution is -2.47. The molecule has 0 N–H and O–H groups in total. The lowest BCUT2D eigenvalue weighted by Gasteiger charge is -2.35. The van der Waals surface area contributed by atoms with Gasteiger partial charge >= 0.3 is 0 Å². The second-order valence-corrected chi connectivity index (χ2v) is 4.44. The van der Waals surface area contributed by atoms with E-state index in [2.05, 4.69) is 26.9 Å². The summed E-state index contributed by atoms with van der Waals surface area (Å²) in [5, 5.41) is 0. The van der Waals surface area contributed by atoms with Crippen LogP contribution in [0, 0.1) is 0 Å². The van der Waals surface area contributed by atoms with Crippen molar-refractivity contribution in [2.24, 2.45) is 0 Å². The van der Waals surface area contributed by atoms with Crippen molar-refractivity contribution >= 4 is 5.82 Å². The van der Waals surface area contributed by atoms with Crippen LogP contribution in [0.4, 0.5) is 5.82 Å². The summed E-state index contributed by atoms with van der Waals surface area (Å²) in [4.78, 5) is 9.41. The van der Waals surface area contributed by atoms with Gasteiger partial charge in [0, 0.05) is 38.4 Å². The molecule has 0 amide bonds. The SMILES string of the molecule is c1ccc(N2CCN(C3CC3)CC2)nc1. The topological polar surface area (TPSA) is 19.4 Å². The average Bonchev–Trinajstić information content (AvgIpc) is 3.15. The van der Waals surface area contributed by atoms with Gasteiger partial charge in [-0.05, 0) is 25.0 Å². The van der Waals surface area contributed by atoms with Crippen LogP contribution in [0.5, 0.6) is 0 Å². The van der Waals surface area contributed by atoms with E-state index in [-0.39, 0.29) is 0 Å². The molecule has 3 nitrogen and oxygen atoms in total. The van der Waals surface area contributed by atoms with Crippen molar-refractivity contribution in [1.29, 1.82) is 0 Å². The Bertz CT molecular complexity index is 313. The second kappa shape index (κ2) is 3.81. The van der Waals surface area contributed by atoms with Gasteiger partial charge in [0.2, 0.25) is 0 Å². The van der Waals surface area contributed by atoms with Gasteiger partial charge in [0.15, 0.2) is 0 Å². The summed E-state index contributed by atoms with van der Waals surface area (Å²) >= 11 is 0. The first-order chi connectivity index (χ1) is 7.43. The fourth-order valence-electron chi connectivity index (χ4n) is 2.30. The monoisotopic (exact) mass is 203 g/mol. The van der Waals surface area contributed by atoms with Crippen LogP contribution in [0.1, 0.15) is 12.8 Å². The zero-order valence-corrected chi connectivity index (χ0v) is 8.97. The van der Waals surface area contributed by atoms with E-state index >= 15 is 0 Å². The Kier molecular flexibility index (Phi) is 2.33. The van der Waals surface area contributed by atoms with Gasteiger partial charge in [0.05, 0.1) is 0 Å². The second-order valence-electron chi connectivity index (χ2n) is 4.44. The molecular formula is C12H17N3. The molecule has 0 aromatic carbocycles. The first-order valence-corrected chi connectivity index (χ1v) is 5.83. The van der Waals surface area contributed by atoms with E-state index in [0.717, 1.165) is 24.9 Å². The minimum absolute atomic E-state index is 0.913. The number of rotatable bonds is 2. The smallest absolute Gasteiger partial charge is 0.128 e. The Balaban J connectivity index is 1.61. The van der Waals surface area contributed by atoms with Gasteiger partial charge in [-0.25, -0.2) is 4.98 Å². The first kappa shape index (κ1) is 9.16. The summed E-state index contributed by atoms with van der Waals surface area (Å²) in [5.74, 6) is 1.13. The van der Waals surface area contributed by atoms with Crippen molar-refractivity contribution in [3.8, 4) is 0 Å². The third kappa shape index (κ3) is 1.97. The summed E-state index contributed by atoms with van der Waals surface area (Å²) in [6.45, 7) is 4.68. The van der Waals surface area contributed by atoms with Gasteiger partial charge in [-0.2, -0.15) is 0 Å². The molecule has 0 bridgehead atoms. The Morgan fingerprint density at radius 3 is 2.47 bits per heavy atom. The Morgan fingerprint density at radius 2 is 1.87 bits per heavy atom. The summed E-state index contributed by atoms with van der Waals surface area (Å²) in [6, 6.07) is 7.06. The third-order valence-corrected chi connectivity index (χ3v) is 3.35. The fourth-order valence-corrected chi connectivity index (χ4v) is 2.30. The van der Waals surface area contributed by atoms with Crippen LogP contribution in [0.2, 0.25) is 0 Å². The van der Waals surface area contributed by atoms with Crippen molar-refractivity contribution in [1.82, 2.24) is 9.88 Å². The van der Waals surface area contributed by atoms with E-state index in [4.69, 9.17) is 0 Å². The Morgan fingerprint density at radius 1 is 1.07 bits per heavy atom. The molecule has 2 aliphatic rings. The van der Waals surface area contributed by atoms with Gasteiger partial charge in [0.25, 0.3) is 0 Å². The highest BCUT2D eigenvalue weighted by molar-refractivity contribution is 5.38. The highest BCUT2D eigenvalue weighted by atomic mass is 15.3. The van der Waals surface area contributed by atoms with Gasteiger partial charge in [0.1, 0.15) is 5.82 Å². The van der Waals surface area contributed by atoms with Crippen LogP contribution in [0.3, 0.4) is 0 Å². The molecule has 2 heterocycles. The lowest BCUT2D eigenvalue weighted by atomic mass is 10.3. The molecule has 1 aliphatic carbocycles. The van der Waals surface area contributed by atoms with E-state index in [0.29, 0.717) is 0 Å². The van der Waals surface area contributed by atoms with Crippen LogP contribution in [0.25, 0.3) is 0 Å². The van der Waals surface area contributed by atoms with Gasteiger partial charge in [-0.3, -0.25) is 4.90 Å². The number of piperazine rings is 1. The Labute approximate surface area is 90.7 Å². The summed E-state index contributed by atoms with van der Waals surface area (Å²) in [7, 11) is 0. The van der Waals surface area contributed by atoms with Crippen molar-refractivity contribution in [2.75, 3.05) is 31.1 Å². The first-order valence-electron chi connectivity index (χ1n) is 5.83. The molecule has 0 spiro atoms. The van der Waals surface area contributed by atoms with Crippen molar-refractivity contribution < 1.29 is 0 Å². The largest absolute Gasteiger partial charge is 0.354 e. The molecular weight excluding hydrogens is 186 g/mol. The molecule has 3 heteroatoms. The van der Waals surface area contributed by atoms with Crippen molar-refractivity contribution in [3.63, 3.8) is 0 Å². The molecule has 1 saturated heterocycles. The zero-order chi connectivity index (χ0) is 10.1. The lowest BCUT2D eigenvalue weighted by molar-refractivity contribution is 0.247. The van der Waals surface area contributed by atoms with Crippen molar-refractivity contribution in [3.05, 3.63) is 24.4 Å². The third-order valence-electron chi connectivity index (χ3n) is 3.35. The molecule has 0 unspecified atom stereocenters. The average molecular weight is 203 g/mol. The number of hydrogen-bond acceptors (Lipinski definition) is 3. The number of anilines is 1. The minimum Gasteiger partial charge on any atom is -0.354 e. The van der Waals surface area contributed by atoms with E-state index < -0.39 is 0 Å². The van der Waals surface area contributed by atoms with E-state index in [1.807, 2.05) is 12.3 Å². The standard InChI is InChI=1S/C12H17N3/c1-2-6-13-12(3-1)15-9-7-14(8-10-15)11-4-5-11/h1-3,6,11H,4-5,7-10H2. The van der Waals surface area contributed by atoms with Gasteiger partial charge in [-0.1, -0.05) is 6.07 Å². The molecule has 2 fully saturated rings. The number of aromatic nitrogens is 1. The molecule has 1 aromatic heterocycles. The van der Waals surface area contributed by atoms with Gasteiger partial charge < -0.3 is 4.90 Å². The normalized spacial score (nSPS) is 23.1. The number of hydrogen-bond donors (Lipinski definition) is 0. The molecule has 3 rings (SSSR count). The molecule has 15 heavy (non-hydrogen) atoms. The molecule has 1 aromatic rings. The highest BCUT2D eigenvalue weighted by Crippen LogP contribution is 2.28. The van der Waals surface area contributed by atoms with Gasteiger partial charge in [-0.15, -0.1) is 0 Å². The molecule has 0 atom stereocenters. The van der Waals surface area contributed by atoms with Crippen molar-refractivity contribution in [2.45, 2.75) is 18.9 Å². The molecule has 0 radical (unpaired) electrons. The maximum Gasteiger partial charge on any atom is 0.128 e. The highest BCUT2D eigenvalue weighted by Gasteiger charge is 2.31. The van der Waals surface area contributed by atoms with E-state index in [1.165, 1.54) is 25.9 Å². The number of nitrogens with zero attached hydrogens (tertiary/aromatic N) is 3. The van der Waals surface area contributed by atoms with Crippen LogP contribution in [-0.2, 0) is 0 Å². The fraction of sp³-hybridized carbons (Fsp3) is 0.583. The maximum absolute atomic E-state index is 4.40. The minimum atomic E-state index is 0.913. The van der Waals surface area contributed by atoms with Crippen LogP contribution < -0.4 is 4.90 Å². The number of pyridine rings is 1. The maximum atomic E-state index is 4.40. The van der Waals surface area contributed by atoms with E-state index in [9.17, 15) is 0 Å². The summed E-state index contributed by atoms with van der Waals surface area (Å²) in [6.07, 6.45) is 4.72. The quantitative estimate of drug-likeness (QED) is 0.723. The van der Waals surface area contributed by atoms with Crippen LogP contribution >= 0.6 is 0 Å². The predicted octanol–water partition coefficient (Wildman–Crippen LogP) is 1.37.